The Balaban J connectivity index is 2.08. The monoisotopic (exact) mass is 345 g/mol. The molecule has 17 heavy (non-hydrogen) atoms. The summed E-state index contributed by atoms with van der Waals surface area (Å²) in [6, 6.07) is 5.80. The number of rotatable bonds is 3. The molecule has 2 rings (SSSR count). The van der Waals surface area contributed by atoms with Gasteiger partial charge in [-0.05, 0) is 53.6 Å². The molecule has 1 fully saturated rings. The molecular weight excluding hydrogens is 329 g/mol. The Morgan fingerprint density at radius 2 is 2.00 bits per heavy atom. The minimum Gasteiger partial charge on any atom is -0.478 e. The van der Waals surface area contributed by atoms with E-state index in [0.29, 0.717) is 11.6 Å². The minimum atomic E-state index is -0.868. The van der Waals surface area contributed by atoms with E-state index >= 15 is 0 Å². The van der Waals surface area contributed by atoms with Gasteiger partial charge in [0.15, 0.2) is 0 Å². The van der Waals surface area contributed by atoms with Crippen LogP contribution in [0.1, 0.15) is 42.5 Å². The highest BCUT2D eigenvalue weighted by molar-refractivity contribution is 14.1. The van der Waals surface area contributed by atoms with Crippen molar-refractivity contribution < 1.29 is 9.90 Å². The summed E-state index contributed by atoms with van der Waals surface area (Å²) in [5, 5.41) is 12.4. The first kappa shape index (κ1) is 12.7. The molecule has 1 aromatic rings. The highest BCUT2D eigenvalue weighted by atomic mass is 127. The SMILES string of the molecule is O=C(O)c1ccc(NC2CCCCC2)c(I)c1. The molecule has 92 valence electrons. The van der Waals surface area contributed by atoms with Gasteiger partial charge in [-0.15, -0.1) is 0 Å². The van der Waals surface area contributed by atoms with E-state index in [1.54, 1.807) is 12.1 Å². The van der Waals surface area contributed by atoms with Crippen LogP contribution in [0.15, 0.2) is 18.2 Å². The highest BCUT2D eigenvalue weighted by Gasteiger charge is 2.14. The van der Waals surface area contributed by atoms with Crippen LogP contribution in [0.3, 0.4) is 0 Å². The zero-order valence-electron chi connectivity index (χ0n) is 9.58. The molecule has 0 heterocycles. The number of aromatic carboxylic acids is 1. The van der Waals surface area contributed by atoms with Crippen LogP contribution in [-0.2, 0) is 0 Å². The Hall–Kier alpha value is -0.780. The Morgan fingerprint density at radius 3 is 2.59 bits per heavy atom. The lowest BCUT2D eigenvalue weighted by Crippen LogP contribution is -2.22. The smallest absolute Gasteiger partial charge is 0.335 e. The number of carbonyl (C=O) groups is 1. The van der Waals surface area contributed by atoms with Crippen molar-refractivity contribution >= 4 is 34.2 Å². The van der Waals surface area contributed by atoms with Gasteiger partial charge in [0.25, 0.3) is 0 Å². The maximum atomic E-state index is 10.8. The first-order valence-corrected chi connectivity index (χ1v) is 7.04. The van der Waals surface area contributed by atoms with Crippen molar-refractivity contribution in [2.75, 3.05) is 5.32 Å². The third kappa shape index (κ3) is 3.34. The minimum absolute atomic E-state index is 0.351. The summed E-state index contributed by atoms with van der Waals surface area (Å²) in [5.74, 6) is -0.868. The summed E-state index contributed by atoms with van der Waals surface area (Å²) in [6.07, 6.45) is 6.36. The van der Waals surface area contributed by atoms with Crippen molar-refractivity contribution in [2.45, 2.75) is 38.1 Å². The molecule has 0 radical (unpaired) electrons. The van der Waals surface area contributed by atoms with Crippen LogP contribution in [0.25, 0.3) is 0 Å². The number of hydrogen-bond donors (Lipinski definition) is 2. The second-order valence-electron chi connectivity index (χ2n) is 4.48. The zero-order chi connectivity index (χ0) is 12.3. The number of benzene rings is 1. The van der Waals surface area contributed by atoms with E-state index in [1.165, 1.54) is 32.1 Å². The summed E-state index contributed by atoms with van der Waals surface area (Å²) < 4.78 is 0.980. The van der Waals surface area contributed by atoms with Gasteiger partial charge >= 0.3 is 5.97 Å². The molecule has 0 unspecified atom stereocenters. The lowest BCUT2D eigenvalue weighted by Gasteiger charge is -2.24. The molecular formula is C13H16INO2. The third-order valence-electron chi connectivity index (χ3n) is 3.18. The number of nitrogens with one attached hydrogen (secondary N) is 1. The number of halogens is 1. The van der Waals surface area contributed by atoms with Gasteiger partial charge < -0.3 is 10.4 Å². The summed E-state index contributed by atoms with van der Waals surface area (Å²) in [4.78, 5) is 10.8. The normalized spacial score (nSPS) is 16.8. The predicted octanol–water partition coefficient (Wildman–Crippen LogP) is 3.73. The molecule has 4 heteroatoms. The molecule has 0 saturated heterocycles. The average Bonchev–Trinajstić information content (AvgIpc) is 2.33. The molecule has 1 aromatic carbocycles. The fourth-order valence-corrected chi connectivity index (χ4v) is 2.90. The van der Waals surface area contributed by atoms with E-state index in [0.717, 1.165) is 9.26 Å². The summed E-state index contributed by atoms with van der Waals surface area (Å²) in [7, 11) is 0. The first-order chi connectivity index (χ1) is 8.16. The fourth-order valence-electron chi connectivity index (χ4n) is 2.23. The van der Waals surface area contributed by atoms with Crippen LogP contribution in [-0.4, -0.2) is 17.1 Å². The molecule has 1 aliphatic carbocycles. The van der Waals surface area contributed by atoms with Gasteiger partial charge in [0.2, 0.25) is 0 Å². The molecule has 0 atom stereocenters. The van der Waals surface area contributed by atoms with Crippen LogP contribution in [0.2, 0.25) is 0 Å². The van der Waals surface area contributed by atoms with E-state index in [1.807, 2.05) is 6.07 Å². The number of anilines is 1. The maximum Gasteiger partial charge on any atom is 0.335 e. The Kier molecular flexibility index (Phi) is 4.25. The van der Waals surface area contributed by atoms with Crippen LogP contribution in [0.5, 0.6) is 0 Å². The van der Waals surface area contributed by atoms with E-state index in [4.69, 9.17) is 5.11 Å². The molecule has 0 bridgehead atoms. The Labute approximate surface area is 115 Å². The summed E-state index contributed by atoms with van der Waals surface area (Å²) in [6.45, 7) is 0. The van der Waals surface area contributed by atoms with Crippen LogP contribution >= 0.6 is 22.6 Å². The van der Waals surface area contributed by atoms with Crippen molar-refractivity contribution in [2.24, 2.45) is 0 Å². The maximum absolute atomic E-state index is 10.8. The van der Waals surface area contributed by atoms with Crippen molar-refractivity contribution in [1.82, 2.24) is 0 Å². The molecule has 1 saturated carbocycles. The summed E-state index contributed by atoms with van der Waals surface area (Å²) >= 11 is 2.19. The standard InChI is InChI=1S/C13H16INO2/c14-11-8-9(13(16)17)6-7-12(11)15-10-4-2-1-3-5-10/h6-8,10,15H,1-5H2,(H,16,17). The van der Waals surface area contributed by atoms with Crippen molar-refractivity contribution in [3.05, 3.63) is 27.3 Å². The molecule has 0 spiro atoms. The van der Waals surface area contributed by atoms with Crippen LogP contribution in [0, 0.1) is 3.57 Å². The van der Waals surface area contributed by atoms with Gasteiger partial charge in [-0.2, -0.15) is 0 Å². The summed E-state index contributed by atoms with van der Waals surface area (Å²) in [5.41, 5.74) is 1.41. The van der Waals surface area contributed by atoms with Gasteiger partial charge in [-0.3, -0.25) is 0 Å². The van der Waals surface area contributed by atoms with Gasteiger partial charge in [0, 0.05) is 15.3 Å². The Morgan fingerprint density at radius 1 is 1.29 bits per heavy atom. The highest BCUT2D eigenvalue weighted by Crippen LogP contribution is 2.25. The lowest BCUT2D eigenvalue weighted by atomic mass is 9.95. The zero-order valence-corrected chi connectivity index (χ0v) is 11.7. The molecule has 1 aliphatic rings. The molecule has 0 aliphatic heterocycles. The molecule has 2 N–H and O–H groups in total. The van der Waals surface area contributed by atoms with E-state index in [9.17, 15) is 4.79 Å². The fraction of sp³-hybridized carbons (Fsp3) is 0.462. The number of hydrogen-bond acceptors (Lipinski definition) is 2. The van der Waals surface area contributed by atoms with Crippen LogP contribution < -0.4 is 5.32 Å². The molecule has 3 nitrogen and oxygen atoms in total. The lowest BCUT2D eigenvalue weighted by molar-refractivity contribution is 0.0697. The second-order valence-corrected chi connectivity index (χ2v) is 5.64. The number of carboxylic acid groups (broad SMARTS) is 1. The predicted molar refractivity (Wildman–Crippen MR) is 76.6 cm³/mol. The van der Waals surface area contributed by atoms with Crippen molar-refractivity contribution in [3.63, 3.8) is 0 Å². The average molecular weight is 345 g/mol. The van der Waals surface area contributed by atoms with E-state index in [-0.39, 0.29) is 0 Å². The van der Waals surface area contributed by atoms with E-state index < -0.39 is 5.97 Å². The first-order valence-electron chi connectivity index (χ1n) is 5.96. The topological polar surface area (TPSA) is 49.3 Å². The van der Waals surface area contributed by atoms with Gasteiger partial charge in [-0.1, -0.05) is 19.3 Å². The molecule has 0 amide bonds. The quantitative estimate of drug-likeness (QED) is 0.821. The van der Waals surface area contributed by atoms with Crippen molar-refractivity contribution in [1.29, 1.82) is 0 Å². The second kappa shape index (κ2) is 5.71. The van der Waals surface area contributed by atoms with E-state index in [2.05, 4.69) is 27.9 Å². The molecule has 0 aromatic heterocycles. The van der Waals surface area contributed by atoms with Gasteiger partial charge in [-0.25, -0.2) is 4.79 Å². The van der Waals surface area contributed by atoms with Crippen LogP contribution in [0.4, 0.5) is 5.69 Å². The largest absolute Gasteiger partial charge is 0.478 e. The van der Waals surface area contributed by atoms with Crippen molar-refractivity contribution in [3.8, 4) is 0 Å². The Bertz CT molecular complexity index is 414. The number of carboxylic acids is 1. The van der Waals surface area contributed by atoms with Gasteiger partial charge in [0.05, 0.1) is 5.56 Å². The van der Waals surface area contributed by atoms with Gasteiger partial charge in [0.1, 0.15) is 0 Å². The third-order valence-corrected chi connectivity index (χ3v) is 4.07.